The van der Waals surface area contributed by atoms with E-state index in [9.17, 15) is 14.4 Å². The molecule has 0 radical (unpaired) electrons. The maximum Gasteiger partial charge on any atom is 0.261 e. The number of nitrogens with one attached hydrogen (secondary N) is 1. The number of carbonyl (C=O) groups is 3. The number of amides is 3. The lowest BCUT2D eigenvalue weighted by molar-refractivity contribution is -0.116. The Kier molecular flexibility index (Phi) is 5.99. The van der Waals surface area contributed by atoms with Gasteiger partial charge in [-0.3, -0.25) is 19.3 Å². The highest BCUT2D eigenvalue weighted by Crippen LogP contribution is 2.26. The van der Waals surface area contributed by atoms with Crippen molar-refractivity contribution < 1.29 is 14.4 Å². The van der Waals surface area contributed by atoms with Gasteiger partial charge in [-0.1, -0.05) is 45.8 Å². The monoisotopic (exact) mass is 480 g/mol. The Morgan fingerprint density at radius 1 is 1.06 bits per heavy atom. The molecule has 0 spiro atoms. The molecule has 3 amide bonds. The zero-order valence-corrected chi connectivity index (χ0v) is 18.6. The fraction of sp³-hybridized carbons (Fsp3) is 0.217. The quantitative estimate of drug-likeness (QED) is 0.517. The standard InChI is InChI=1S/C23H21BrN4O3/c1-15-4-2-5-16(12-15)14-28-20(9-10-25-28)26-21(29)6-3-11-27-22(30)18-8-7-17(24)13-19(18)23(27)31/h2,4-5,7-10,12-13H,3,6,11,14H2,1H3,(H,26,29). The van der Waals surface area contributed by atoms with Gasteiger partial charge in [0.1, 0.15) is 5.82 Å². The molecule has 0 saturated carbocycles. The molecule has 1 aromatic heterocycles. The Hall–Kier alpha value is -3.26. The van der Waals surface area contributed by atoms with E-state index in [4.69, 9.17) is 0 Å². The number of rotatable bonds is 7. The van der Waals surface area contributed by atoms with Crippen LogP contribution in [0.15, 0.2) is 59.2 Å². The Bertz CT molecular complexity index is 1170. The third-order valence-electron chi connectivity index (χ3n) is 5.12. The van der Waals surface area contributed by atoms with Gasteiger partial charge >= 0.3 is 0 Å². The van der Waals surface area contributed by atoms with E-state index in [0.717, 1.165) is 15.6 Å². The molecule has 8 heteroatoms. The second-order valence-corrected chi connectivity index (χ2v) is 8.38. The van der Waals surface area contributed by atoms with Crippen molar-refractivity contribution in [3.63, 3.8) is 0 Å². The lowest BCUT2D eigenvalue weighted by atomic mass is 10.1. The Balaban J connectivity index is 1.31. The molecule has 1 aliphatic heterocycles. The molecule has 4 rings (SSSR count). The van der Waals surface area contributed by atoms with Gasteiger partial charge in [0.2, 0.25) is 5.91 Å². The third kappa shape index (κ3) is 4.59. The molecule has 31 heavy (non-hydrogen) atoms. The van der Waals surface area contributed by atoms with Crippen molar-refractivity contribution in [2.75, 3.05) is 11.9 Å². The molecule has 3 aromatic rings. The van der Waals surface area contributed by atoms with E-state index >= 15 is 0 Å². The zero-order valence-electron chi connectivity index (χ0n) is 17.0. The fourth-order valence-electron chi connectivity index (χ4n) is 3.62. The van der Waals surface area contributed by atoms with Crippen LogP contribution in [0.2, 0.25) is 0 Å². The van der Waals surface area contributed by atoms with Crippen LogP contribution in [0.1, 0.15) is 44.7 Å². The van der Waals surface area contributed by atoms with Crippen LogP contribution in [0, 0.1) is 6.92 Å². The van der Waals surface area contributed by atoms with Gasteiger partial charge in [0, 0.05) is 23.5 Å². The van der Waals surface area contributed by atoms with Gasteiger partial charge in [0.25, 0.3) is 11.8 Å². The van der Waals surface area contributed by atoms with Crippen molar-refractivity contribution in [1.82, 2.24) is 14.7 Å². The van der Waals surface area contributed by atoms with Gasteiger partial charge in [-0.25, -0.2) is 4.68 Å². The fourth-order valence-corrected chi connectivity index (χ4v) is 3.98. The van der Waals surface area contributed by atoms with Gasteiger partial charge in [0.15, 0.2) is 0 Å². The van der Waals surface area contributed by atoms with Gasteiger partial charge in [-0.15, -0.1) is 0 Å². The lowest BCUT2D eigenvalue weighted by Crippen LogP contribution is -2.31. The molecule has 7 nitrogen and oxygen atoms in total. The summed E-state index contributed by atoms with van der Waals surface area (Å²) in [5.41, 5.74) is 3.05. The topological polar surface area (TPSA) is 84.3 Å². The van der Waals surface area contributed by atoms with E-state index in [2.05, 4.69) is 32.4 Å². The summed E-state index contributed by atoms with van der Waals surface area (Å²) in [5.74, 6) is -0.218. The van der Waals surface area contributed by atoms with Crippen LogP contribution in [0.25, 0.3) is 0 Å². The summed E-state index contributed by atoms with van der Waals surface area (Å²) >= 11 is 3.32. The van der Waals surface area contributed by atoms with Gasteiger partial charge < -0.3 is 5.32 Å². The molecular formula is C23H21BrN4O3. The first-order chi connectivity index (χ1) is 14.9. The summed E-state index contributed by atoms with van der Waals surface area (Å²) in [6, 6.07) is 14.9. The lowest BCUT2D eigenvalue weighted by Gasteiger charge is -2.14. The smallest absolute Gasteiger partial charge is 0.261 e. The normalized spacial score (nSPS) is 12.9. The van der Waals surface area contributed by atoms with E-state index in [1.807, 2.05) is 25.1 Å². The van der Waals surface area contributed by atoms with Crippen molar-refractivity contribution >= 4 is 39.5 Å². The Morgan fingerprint density at radius 2 is 1.87 bits per heavy atom. The van der Waals surface area contributed by atoms with E-state index < -0.39 is 0 Å². The molecular weight excluding hydrogens is 460 g/mol. The second-order valence-electron chi connectivity index (χ2n) is 7.47. The van der Waals surface area contributed by atoms with E-state index in [-0.39, 0.29) is 30.7 Å². The Morgan fingerprint density at radius 3 is 2.68 bits per heavy atom. The predicted molar refractivity (Wildman–Crippen MR) is 120 cm³/mol. The number of benzene rings is 2. The summed E-state index contributed by atoms with van der Waals surface area (Å²) in [7, 11) is 0. The third-order valence-corrected chi connectivity index (χ3v) is 5.61. The Labute approximate surface area is 188 Å². The van der Waals surface area contributed by atoms with E-state index in [0.29, 0.717) is 29.9 Å². The van der Waals surface area contributed by atoms with Gasteiger partial charge in [-0.2, -0.15) is 5.10 Å². The first-order valence-corrected chi connectivity index (χ1v) is 10.7. The van der Waals surface area contributed by atoms with Gasteiger partial charge in [0.05, 0.1) is 23.9 Å². The highest BCUT2D eigenvalue weighted by molar-refractivity contribution is 9.10. The summed E-state index contributed by atoms with van der Waals surface area (Å²) in [4.78, 5) is 38.6. The maximum atomic E-state index is 12.5. The molecule has 158 valence electrons. The minimum Gasteiger partial charge on any atom is -0.311 e. The summed E-state index contributed by atoms with van der Waals surface area (Å²) in [6.45, 7) is 2.78. The number of hydrogen-bond donors (Lipinski definition) is 1. The van der Waals surface area contributed by atoms with Crippen molar-refractivity contribution in [2.24, 2.45) is 0 Å². The van der Waals surface area contributed by atoms with Crippen molar-refractivity contribution in [3.05, 3.63) is 81.5 Å². The first-order valence-electron chi connectivity index (χ1n) is 9.95. The van der Waals surface area contributed by atoms with Crippen LogP contribution >= 0.6 is 15.9 Å². The highest BCUT2D eigenvalue weighted by Gasteiger charge is 2.35. The summed E-state index contributed by atoms with van der Waals surface area (Å²) in [6.07, 6.45) is 2.21. The second kappa shape index (κ2) is 8.85. The van der Waals surface area contributed by atoms with Gasteiger partial charge in [-0.05, 0) is 37.1 Å². The molecule has 1 aliphatic rings. The summed E-state index contributed by atoms with van der Waals surface area (Å²) < 4.78 is 2.48. The summed E-state index contributed by atoms with van der Waals surface area (Å²) in [5, 5.41) is 7.15. The number of fused-ring (bicyclic) bond motifs is 1. The average Bonchev–Trinajstić information content (AvgIpc) is 3.25. The zero-order chi connectivity index (χ0) is 22.0. The molecule has 0 bridgehead atoms. The number of carbonyl (C=O) groups excluding carboxylic acids is 3. The average molecular weight is 481 g/mol. The molecule has 0 atom stereocenters. The SMILES string of the molecule is Cc1cccc(Cn2nccc2NC(=O)CCCN2C(=O)c3ccc(Br)cc3C2=O)c1. The van der Waals surface area contributed by atoms with Crippen molar-refractivity contribution in [2.45, 2.75) is 26.3 Å². The number of aryl methyl sites for hydroxylation is 1. The van der Waals surface area contributed by atoms with Crippen molar-refractivity contribution in [3.8, 4) is 0 Å². The highest BCUT2D eigenvalue weighted by atomic mass is 79.9. The number of nitrogens with zero attached hydrogens (tertiary/aromatic N) is 3. The number of anilines is 1. The molecule has 2 heterocycles. The molecule has 0 unspecified atom stereocenters. The minimum absolute atomic E-state index is 0.187. The number of hydrogen-bond acceptors (Lipinski definition) is 4. The number of imide groups is 1. The molecule has 0 fully saturated rings. The molecule has 1 N–H and O–H groups in total. The predicted octanol–water partition coefficient (Wildman–Crippen LogP) is 4.02. The molecule has 0 aliphatic carbocycles. The van der Waals surface area contributed by atoms with Crippen LogP contribution in [0.4, 0.5) is 5.82 Å². The van der Waals surface area contributed by atoms with Crippen LogP contribution in [0.5, 0.6) is 0 Å². The first kappa shape index (κ1) is 21.0. The van der Waals surface area contributed by atoms with Crippen LogP contribution < -0.4 is 5.32 Å². The van der Waals surface area contributed by atoms with E-state index in [1.165, 1.54) is 4.90 Å². The minimum atomic E-state index is -0.321. The molecule has 0 saturated heterocycles. The number of aromatic nitrogens is 2. The largest absolute Gasteiger partial charge is 0.311 e. The maximum absolute atomic E-state index is 12.5. The van der Waals surface area contributed by atoms with Crippen LogP contribution in [0.3, 0.4) is 0 Å². The van der Waals surface area contributed by atoms with Crippen LogP contribution in [-0.2, 0) is 11.3 Å². The van der Waals surface area contributed by atoms with E-state index in [1.54, 1.807) is 35.1 Å². The van der Waals surface area contributed by atoms with Crippen LogP contribution in [-0.4, -0.2) is 38.9 Å². The van der Waals surface area contributed by atoms with Crippen molar-refractivity contribution in [1.29, 1.82) is 0 Å². The number of halogens is 1. The molecule has 2 aromatic carbocycles.